The molecule has 0 amide bonds. The highest BCUT2D eigenvalue weighted by atomic mass is 32.1. The maximum atomic E-state index is 12.4. The predicted octanol–water partition coefficient (Wildman–Crippen LogP) is 4.25. The van der Waals surface area contributed by atoms with Gasteiger partial charge in [0.2, 0.25) is 5.88 Å². The van der Waals surface area contributed by atoms with Gasteiger partial charge >= 0.3 is 0 Å². The molecule has 0 radical (unpaired) electrons. The van der Waals surface area contributed by atoms with Gasteiger partial charge in [0.1, 0.15) is 23.4 Å². The van der Waals surface area contributed by atoms with Crippen molar-refractivity contribution >= 4 is 27.2 Å². The Labute approximate surface area is 170 Å². The van der Waals surface area contributed by atoms with Gasteiger partial charge in [0.05, 0.1) is 11.1 Å². The number of rotatable bonds is 4. The molecule has 0 saturated heterocycles. The minimum Gasteiger partial charge on any atom is -0.471 e. The summed E-state index contributed by atoms with van der Waals surface area (Å²) in [4.78, 5) is 26.5. The second-order valence-electron chi connectivity index (χ2n) is 6.68. The molecular weight excluding hydrogens is 384 g/mol. The zero-order valence-electron chi connectivity index (χ0n) is 15.6. The lowest BCUT2D eigenvalue weighted by Gasteiger charge is -2.09. The fourth-order valence-electron chi connectivity index (χ4n) is 3.26. The Bertz CT molecular complexity index is 1390. The summed E-state index contributed by atoms with van der Waals surface area (Å²) in [6.45, 7) is 2.09. The normalized spacial score (nSPS) is 11.2. The second kappa shape index (κ2) is 7.10. The van der Waals surface area contributed by atoms with Crippen LogP contribution in [-0.2, 0) is 6.61 Å². The highest BCUT2D eigenvalue weighted by Crippen LogP contribution is 2.37. The number of hydrogen-bond acceptors (Lipinski definition) is 6. The van der Waals surface area contributed by atoms with E-state index in [1.807, 2.05) is 49.4 Å². The van der Waals surface area contributed by atoms with Crippen LogP contribution in [0.1, 0.15) is 11.3 Å². The number of benzene rings is 1. The van der Waals surface area contributed by atoms with Crippen molar-refractivity contribution in [3.05, 3.63) is 88.0 Å². The third-order valence-electron chi connectivity index (χ3n) is 4.64. The lowest BCUT2D eigenvalue weighted by molar-refractivity contribution is 0.293. The molecule has 0 atom stereocenters. The molecule has 0 N–H and O–H groups in total. The van der Waals surface area contributed by atoms with Crippen LogP contribution >= 0.6 is 11.3 Å². The first kappa shape index (κ1) is 17.5. The molecule has 6 nitrogen and oxygen atoms in total. The number of nitrogens with zero attached hydrogens (tertiary/aromatic N) is 4. The van der Waals surface area contributed by atoms with E-state index in [1.54, 1.807) is 17.5 Å². The van der Waals surface area contributed by atoms with Crippen LogP contribution in [0.4, 0.5) is 0 Å². The van der Waals surface area contributed by atoms with E-state index in [0.29, 0.717) is 17.2 Å². The second-order valence-corrected chi connectivity index (χ2v) is 7.54. The Morgan fingerprint density at radius 3 is 2.83 bits per heavy atom. The summed E-state index contributed by atoms with van der Waals surface area (Å²) in [7, 11) is 0. The predicted molar refractivity (Wildman–Crippen MR) is 113 cm³/mol. The van der Waals surface area contributed by atoms with Gasteiger partial charge in [0.15, 0.2) is 0 Å². The monoisotopic (exact) mass is 400 g/mol. The summed E-state index contributed by atoms with van der Waals surface area (Å²) in [6.07, 6.45) is 3.27. The Morgan fingerprint density at radius 1 is 1.10 bits per heavy atom. The fourth-order valence-corrected chi connectivity index (χ4v) is 4.17. The number of thiophene rings is 1. The first-order valence-corrected chi connectivity index (χ1v) is 9.96. The third-order valence-corrected chi connectivity index (χ3v) is 5.52. The van der Waals surface area contributed by atoms with Crippen molar-refractivity contribution in [1.29, 1.82) is 0 Å². The molecule has 142 valence electrons. The van der Waals surface area contributed by atoms with Crippen molar-refractivity contribution in [2.24, 2.45) is 0 Å². The lowest BCUT2D eigenvalue weighted by atomic mass is 10.1. The number of ether oxygens (including phenoxy) is 1. The molecule has 0 saturated carbocycles. The van der Waals surface area contributed by atoms with Crippen LogP contribution in [0.5, 0.6) is 5.88 Å². The molecule has 29 heavy (non-hydrogen) atoms. The van der Waals surface area contributed by atoms with Gasteiger partial charge in [0.25, 0.3) is 5.56 Å². The van der Waals surface area contributed by atoms with Crippen LogP contribution in [0.15, 0.2) is 71.2 Å². The van der Waals surface area contributed by atoms with E-state index in [9.17, 15) is 4.79 Å². The van der Waals surface area contributed by atoms with Gasteiger partial charge in [0, 0.05) is 23.2 Å². The first-order valence-electron chi connectivity index (χ1n) is 9.08. The van der Waals surface area contributed by atoms with Crippen molar-refractivity contribution in [1.82, 2.24) is 19.4 Å². The molecule has 0 spiro atoms. The van der Waals surface area contributed by atoms with Gasteiger partial charge in [-0.25, -0.2) is 15.0 Å². The van der Waals surface area contributed by atoms with Gasteiger partial charge in [-0.15, -0.1) is 11.3 Å². The van der Waals surface area contributed by atoms with Crippen LogP contribution in [0.2, 0.25) is 0 Å². The minimum absolute atomic E-state index is 0.134. The molecule has 5 aromatic rings. The minimum atomic E-state index is -0.134. The molecule has 0 aliphatic carbocycles. The van der Waals surface area contributed by atoms with Gasteiger partial charge in [-0.1, -0.05) is 36.4 Å². The van der Waals surface area contributed by atoms with E-state index in [1.165, 1.54) is 16.8 Å². The summed E-state index contributed by atoms with van der Waals surface area (Å²) in [5.74, 6) is 0.487. The average Bonchev–Trinajstić information content (AvgIpc) is 3.18. The molecule has 5 rings (SSSR count). The summed E-state index contributed by atoms with van der Waals surface area (Å²) in [5.41, 5.74) is 4.13. The van der Waals surface area contributed by atoms with E-state index in [-0.39, 0.29) is 12.2 Å². The van der Waals surface area contributed by atoms with Gasteiger partial charge in [-0.05, 0) is 24.1 Å². The number of fused-ring (bicyclic) bond motifs is 2. The molecule has 0 bridgehead atoms. The summed E-state index contributed by atoms with van der Waals surface area (Å²) in [5, 5.41) is 2.93. The molecule has 0 aliphatic heterocycles. The molecule has 4 heterocycles. The van der Waals surface area contributed by atoms with Gasteiger partial charge < -0.3 is 4.74 Å². The van der Waals surface area contributed by atoms with E-state index >= 15 is 0 Å². The van der Waals surface area contributed by atoms with Crippen LogP contribution in [0, 0.1) is 6.92 Å². The maximum absolute atomic E-state index is 12.4. The molecule has 0 fully saturated rings. The quantitative estimate of drug-likeness (QED) is 0.451. The maximum Gasteiger partial charge on any atom is 0.258 e. The SMILES string of the molecule is Cc1ccc2nc(COc3ncnc4scc(-c5ccccc5)c34)cc(=O)n2c1. The van der Waals surface area contributed by atoms with E-state index in [0.717, 1.165) is 26.9 Å². The standard InChI is InChI=1S/C22H16N4O2S/c1-14-7-8-18-25-16(9-19(27)26(18)10-14)11-28-21-20-17(15-5-3-2-4-6-15)12-29-22(20)24-13-23-21/h2-10,12-13H,11H2,1H3. The average molecular weight is 400 g/mol. The number of aromatic nitrogens is 4. The Kier molecular flexibility index (Phi) is 4.29. The Hall–Kier alpha value is -3.58. The first-order chi connectivity index (χ1) is 14.2. The van der Waals surface area contributed by atoms with Gasteiger partial charge in [-0.3, -0.25) is 9.20 Å². The largest absolute Gasteiger partial charge is 0.471 e. The molecule has 0 aliphatic rings. The van der Waals surface area contributed by atoms with Crippen molar-refractivity contribution in [3.63, 3.8) is 0 Å². The Balaban J connectivity index is 1.51. The van der Waals surface area contributed by atoms with E-state index in [2.05, 4.69) is 20.3 Å². The van der Waals surface area contributed by atoms with E-state index in [4.69, 9.17) is 4.74 Å². The molecule has 0 unspecified atom stereocenters. The highest BCUT2D eigenvalue weighted by Gasteiger charge is 2.14. The lowest BCUT2D eigenvalue weighted by Crippen LogP contribution is -2.16. The van der Waals surface area contributed by atoms with Crippen LogP contribution in [-0.4, -0.2) is 19.4 Å². The van der Waals surface area contributed by atoms with Crippen molar-refractivity contribution in [2.75, 3.05) is 0 Å². The van der Waals surface area contributed by atoms with Crippen LogP contribution < -0.4 is 10.3 Å². The van der Waals surface area contributed by atoms with Gasteiger partial charge in [-0.2, -0.15) is 0 Å². The zero-order chi connectivity index (χ0) is 19.8. The van der Waals surface area contributed by atoms with Crippen molar-refractivity contribution in [2.45, 2.75) is 13.5 Å². The molecular formula is C22H16N4O2S. The molecule has 4 aromatic heterocycles. The number of pyridine rings is 1. The zero-order valence-corrected chi connectivity index (χ0v) is 16.4. The molecule has 7 heteroatoms. The summed E-state index contributed by atoms with van der Waals surface area (Å²) >= 11 is 1.55. The number of aryl methyl sites for hydroxylation is 1. The Morgan fingerprint density at radius 2 is 1.97 bits per heavy atom. The fraction of sp³-hybridized carbons (Fsp3) is 0.0909. The topological polar surface area (TPSA) is 69.4 Å². The van der Waals surface area contributed by atoms with Crippen molar-refractivity contribution < 1.29 is 4.74 Å². The third kappa shape index (κ3) is 3.25. The number of hydrogen-bond donors (Lipinski definition) is 0. The van der Waals surface area contributed by atoms with Crippen LogP contribution in [0.25, 0.3) is 27.0 Å². The highest BCUT2D eigenvalue weighted by molar-refractivity contribution is 7.17. The van der Waals surface area contributed by atoms with Crippen molar-refractivity contribution in [3.8, 4) is 17.0 Å². The molecule has 1 aromatic carbocycles. The van der Waals surface area contributed by atoms with E-state index < -0.39 is 0 Å². The summed E-state index contributed by atoms with van der Waals surface area (Å²) in [6, 6.07) is 15.3. The smallest absolute Gasteiger partial charge is 0.258 e. The van der Waals surface area contributed by atoms with Crippen LogP contribution in [0.3, 0.4) is 0 Å². The summed E-state index contributed by atoms with van der Waals surface area (Å²) < 4.78 is 7.53.